The number of aryl methyl sites for hydroxylation is 1. The van der Waals surface area contributed by atoms with Crippen LogP contribution in [0, 0.1) is 0 Å². The normalized spacial score (nSPS) is 18.8. The molecule has 0 amide bonds. The van der Waals surface area contributed by atoms with E-state index in [1.807, 2.05) is 12.1 Å². The van der Waals surface area contributed by atoms with Crippen molar-refractivity contribution >= 4 is 15.7 Å². The molecule has 0 aromatic carbocycles. The van der Waals surface area contributed by atoms with Crippen molar-refractivity contribution < 1.29 is 13.2 Å². The molecular weight excluding hydrogens is 278 g/mol. The SMILES string of the molecule is CCS(=O)(=O)CCn1ccc(NC[C@H]2CCC=CO2)n1. The van der Waals surface area contributed by atoms with Crippen LogP contribution in [0.4, 0.5) is 5.82 Å². The number of hydrogen-bond donors (Lipinski definition) is 1. The summed E-state index contributed by atoms with van der Waals surface area (Å²) in [5.74, 6) is 1.05. The molecule has 0 fully saturated rings. The first-order valence-electron chi connectivity index (χ1n) is 6.87. The molecule has 6 nitrogen and oxygen atoms in total. The van der Waals surface area contributed by atoms with Crippen molar-refractivity contribution in [2.75, 3.05) is 23.4 Å². The van der Waals surface area contributed by atoms with Crippen LogP contribution in [0.3, 0.4) is 0 Å². The number of allylic oxidation sites excluding steroid dienone is 1. The number of nitrogens with one attached hydrogen (secondary N) is 1. The summed E-state index contributed by atoms with van der Waals surface area (Å²) in [6.07, 6.45) is 7.75. The van der Waals surface area contributed by atoms with Gasteiger partial charge in [-0.2, -0.15) is 5.10 Å². The highest BCUT2D eigenvalue weighted by atomic mass is 32.2. The standard InChI is InChI=1S/C13H21N3O3S/c1-2-20(17,18)10-8-16-7-6-13(15-16)14-11-12-5-3-4-9-19-12/h4,6-7,9,12H,2-3,5,8,10-11H2,1H3,(H,14,15)/t12-/m1/s1. The minimum absolute atomic E-state index is 0.126. The number of rotatable bonds is 7. The molecule has 1 aromatic rings. The summed E-state index contributed by atoms with van der Waals surface area (Å²) in [4.78, 5) is 0. The van der Waals surface area contributed by atoms with Crippen LogP contribution in [-0.4, -0.2) is 42.4 Å². The summed E-state index contributed by atoms with van der Waals surface area (Å²) >= 11 is 0. The molecule has 0 radical (unpaired) electrons. The molecule has 1 aliphatic heterocycles. The number of hydrogen-bond acceptors (Lipinski definition) is 5. The maximum atomic E-state index is 11.4. The van der Waals surface area contributed by atoms with Crippen molar-refractivity contribution in [3.05, 3.63) is 24.6 Å². The Hall–Kier alpha value is -1.50. The first kappa shape index (κ1) is 14.9. The van der Waals surface area contributed by atoms with Gasteiger partial charge in [0, 0.05) is 18.0 Å². The van der Waals surface area contributed by atoms with Gasteiger partial charge in [-0.1, -0.05) is 6.92 Å². The Morgan fingerprint density at radius 1 is 1.55 bits per heavy atom. The predicted octanol–water partition coefficient (Wildman–Crippen LogP) is 1.42. The van der Waals surface area contributed by atoms with Crippen molar-refractivity contribution in [3.63, 3.8) is 0 Å². The van der Waals surface area contributed by atoms with Gasteiger partial charge < -0.3 is 10.1 Å². The first-order valence-corrected chi connectivity index (χ1v) is 8.69. The Kier molecular flexibility index (Phi) is 5.05. The van der Waals surface area contributed by atoms with E-state index in [9.17, 15) is 8.42 Å². The zero-order chi connectivity index (χ0) is 14.4. The largest absolute Gasteiger partial charge is 0.497 e. The van der Waals surface area contributed by atoms with Crippen LogP contribution in [0.1, 0.15) is 19.8 Å². The molecular formula is C13H21N3O3S. The van der Waals surface area contributed by atoms with Crippen LogP contribution in [0.2, 0.25) is 0 Å². The van der Waals surface area contributed by atoms with Gasteiger partial charge in [0.2, 0.25) is 0 Å². The van der Waals surface area contributed by atoms with E-state index in [4.69, 9.17) is 4.74 Å². The third kappa shape index (κ3) is 4.56. The number of aromatic nitrogens is 2. The third-order valence-corrected chi connectivity index (χ3v) is 4.93. The van der Waals surface area contributed by atoms with E-state index in [0.717, 1.165) is 18.7 Å². The van der Waals surface area contributed by atoms with Gasteiger partial charge in [-0.3, -0.25) is 4.68 Å². The average molecular weight is 299 g/mol. The fraction of sp³-hybridized carbons (Fsp3) is 0.615. The van der Waals surface area contributed by atoms with Crippen molar-refractivity contribution in [3.8, 4) is 0 Å². The second kappa shape index (κ2) is 6.78. The van der Waals surface area contributed by atoms with E-state index in [2.05, 4.69) is 10.4 Å². The van der Waals surface area contributed by atoms with Crippen LogP contribution in [-0.2, 0) is 21.1 Å². The van der Waals surface area contributed by atoms with Gasteiger partial charge in [0.25, 0.3) is 0 Å². The summed E-state index contributed by atoms with van der Waals surface area (Å²) < 4.78 is 30.0. The predicted molar refractivity (Wildman–Crippen MR) is 78.3 cm³/mol. The fourth-order valence-electron chi connectivity index (χ4n) is 1.91. The lowest BCUT2D eigenvalue weighted by Crippen LogP contribution is -2.23. The summed E-state index contributed by atoms with van der Waals surface area (Å²) in [7, 11) is -2.95. The van der Waals surface area contributed by atoms with Crippen molar-refractivity contribution in [2.45, 2.75) is 32.4 Å². The molecule has 1 aliphatic rings. The highest BCUT2D eigenvalue weighted by Gasteiger charge is 2.11. The number of sulfone groups is 1. The fourth-order valence-corrected chi connectivity index (χ4v) is 2.66. The summed E-state index contributed by atoms with van der Waals surface area (Å²) in [5, 5.41) is 7.51. The molecule has 20 heavy (non-hydrogen) atoms. The topological polar surface area (TPSA) is 73.2 Å². The second-order valence-electron chi connectivity index (χ2n) is 4.79. The number of ether oxygens (including phenoxy) is 1. The number of anilines is 1. The van der Waals surface area contributed by atoms with E-state index < -0.39 is 9.84 Å². The molecule has 2 heterocycles. The quantitative estimate of drug-likeness (QED) is 0.824. The minimum Gasteiger partial charge on any atom is -0.497 e. The zero-order valence-electron chi connectivity index (χ0n) is 11.7. The van der Waals surface area contributed by atoms with Crippen LogP contribution in [0.25, 0.3) is 0 Å². The van der Waals surface area contributed by atoms with E-state index in [1.165, 1.54) is 0 Å². The van der Waals surface area contributed by atoms with E-state index in [1.54, 1.807) is 24.1 Å². The molecule has 0 aliphatic carbocycles. The van der Waals surface area contributed by atoms with Gasteiger partial charge in [-0.25, -0.2) is 8.42 Å². The maximum Gasteiger partial charge on any atom is 0.151 e. The Balaban J connectivity index is 1.78. The van der Waals surface area contributed by atoms with Gasteiger partial charge in [-0.05, 0) is 18.9 Å². The van der Waals surface area contributed by atoms with Gasteiger partial charge in [-0.15, -0.1) is 0 Å². The van der Waals surface area contributed by atoms with Crippen LogP contribution in [0.5, 0.6) is 0 Å². The zero-order valence-corrected chi connectivity index (χ0v) is 12.5. The number of nitrogens with zero attached hydrogens (tertiary/aromatic N) is 2. The van der Waals surface area contributed by atoms with Crippen molar-refractivity contribution in [1.82, 2.24) is 9.78 Å². The maximum absolute atomic E-state index is 11.4. The van der Waals surface area contributed by atoms with Gasteiger partial charge in [0.1, 0.15) is 11.9 Å². The smallest absolute Gasteiger partial charge is 0.151 e. The second-order valence-corrected chi connectivity index (χ2v) is 7.26. The lowest BCUT2D eigenvalue weighted by atomic mass is 10.1. The average Bonchev–Trinajstić information content (AvgIpc) is 2.92. The monoisotopic (exact) mass is 299 g/mol. The first-order chi connectivity index (χ1) is 9.59. The Labute approximate surface area is 119 Å². The Morgan fingerprint density at radius 3 is 3.10 bits per heavy atom. The van der Waals surface area contributed by atoms with Crippen molar-refractivity contribution in [1.29, 1.82) is 0 Å². The lowest BCUT2D eigenvalue weighted by molar-refractivity contribution is 0.135. The molecule has 112 valence electrons. The Morgan fingerprint density at radius 2 is 2.40 bits per heavy atom. The van der Waals surface area contributed by atoms with E-state index in [-0.39, 0.29) is 17.6 Å². The van der Waals surface area contributed by atoms with Crippen LogP contribution in [0.15, 0.2) is 24.6 Å². The summed E-state index contributed by atoms with van der Waals surface area (Å²) in [5.41, 5.74) is 0. The summed E-state index contributed by atoms with van der Waals surface area (Å²) in [6, 6.07) is 1.84. The van der Waals surface area contributed by atoms with E-state index >= 15 is 0 Å². The molecule has 0 spiro atoms. The molecule has 1 aromatic heterocycles. The molecule has 1 N–H and O–H groups in total. The highest BCUT2D eigenvalue weighted by Crippen LogP contribution is 2.11. The van der Waals surface area contributed by atoms with E-state index in [0.29, 0.717) is 13.1 Å². The van der Waals surface area contributed by atoms with Crippen LogP contribution >= 0.6 is 0 Å². The molecule has 7 heteroatoms. The third-order valence-electron chi connectivity index (χ3n) is 3.25. The molecule has 0 unspecified atom stereocenters. The lowest BCUT2D eigenvalue weighted by Gasteiger charge is -2.19. The van der Waals surface area contributed by atoms with Gasteiger partial charge >= 0.3 is 0 Å². The van der Waals surface area contributed by atoms with Gasteiger partial charge in [0.15, 0.2) is 9.84 Å². The molecule has 0 bridgehead atoms. The molecule has 2 rings (SSSR count). The van der Waals surface area contributed by atoms with Crippen molar-refractivity contribution in [2.24, 2.45) is 0 Å². The molecule has 0 saturated heterocycles. The molecule has 1 atom stereocenters. The van der Waals surface area contributed by atoms with Crippen LogP contribution < -0.4 is 5.32 Å². The summed E-state index contributed by atoms with van der Waals surface area (Å²) in [6.45, 7) is 2.75. The molecule has 0 saturated carbocycles. The van der Waals surface area contributed by atoms with Gasteiger partial charge in [0.05, 0.1) is 25.1 Å². The highest BCUT2D eigenvalue weighted by molar-refractivity contribution is 7.91. The minimum atomic E-state index is -2.95. The Bertz CT molecular complexity index is 551.